The van der Waals surface area contributed by atoms with Crippen molar-refractivity contribution in [2.24, 2.45) is 0 Å². The fraction of sp³-hybridized carbons (Fsp3) is 0.250. The Kier molecular flexibility index (Phi) is 7.53. The first-order chi connectivity index (χ1) is 22.0. The van der Waals surface area contributed by atoms with E-state index in [0.29, 0.717) is 28.1 Å². The average molecular weight is 605 g/mol. The standard InChI is InChI=1S/C32H32N10O3/c1-21(36-31(43)27-28(33)38-41-12-6-11-34-30(27)41)29-37-25-10-5-9-24(26(25)32(44)42(29)23-7-3-2-4-8-23)22-19-35-40(20-22)14-13-39-15-17-45-18-16-39/h2-12,19-21H,13-18H2,1H3,(H2,33,38)(H,36,43). The molecule has 2 aromatic carbocycles. The van der Waals surface area contributed by atoms with E-state index >= 15 is 0 Å². The fourth-order valence-electron chi connectivity index (χ4n) is 5.75. The zero-order chi connectivity index (χ0) is 30.9. The van der Waals surface area contributed by atoms with Crippen molar-refractivity contribution in [2.75, 3.05) is 38.6 Å². The van der Waals surface area contributed by atoms with Crippen LogP contribution in [0.4, 0.5) is 5.82 Å². The highest BCUT2D eigenvalue weighted by molar-refractivity contribution is 6.04. The molecule has 0 radical (unpaired) electrons. The van der Waals surface area contributed by atoms with E-state index in [-0.39, 0.29) is 16.9 Å². The Morgan fingerprint density at radius 3 is 2.71 bits per heavy atom. The van der Waals surface area contributed by atoms with Gasteiger partial charge in [0.15, 0.2) is 11.5 Å². The van der Waals surface area contributed by atoms with Gasteiger partial charge < -0.3 is 15.8 Å². The molecule has 1 aliphatic rings. The number of carbonyl (C=O) groups is 1. The first-order valence-electron chi connectivity index (χ1n) is 14.8. The molecule has 7 rings (SSSR count). The van der Waals surface area contributed by atoms with Gasteiger partial charge in [-0.3, -0.25) is 23.7 Å². The van der Waals surface area contributed by atoms with Crippen LogP contribution in [0.2, 0.25) is 0 Å². The van der Waals surface area contributed by atoms with Crippen LogP contribution in [0.5, 0.6) is 0 Å². The number of anilines is 1. The van der Waals surface area contributed by atoms with Crippen LogP contribution in [0.1, 0.15) is 29.1 Å². The van der Waals surface area contributed by atoms with Gasteiger partial charge in [0.2, 0.25) is 0 Å². The van der Waals surface area contributed by atoms with Crippen molar-refractivity contribution in [2.45, 2.75) is 19.5 Å². The number of morpholine rings is 1. The van der Waals surface area contributed by atoms with Crippen LogP contribution in [0, 0.1) is 0 Å². The predicted octanol–water partition coefficient (Wildman–Crippen LogP) is 2.70. The van der Waals surface area contributed by atoms with Gasteiger partial charge >= 0.3 is 0 Å². The molecule has 0 aliphatic carbocycles. The Labute approximate surface area is 257 Å². The summed E-state index contributed by atoms with van der Waals surface area (Å²) in [5, 5.41) is 12.2. The van der Waals surface area contributed by atoms with E-state index < -0.39 is 11.9 Å². The molecule has 228 valence electrons. The highest BCUT2D eigenvalue weighted by Crippen LogP contribution is 2.28. The zero-order valence-electron chi connectivity index (χ0n) is 24.7. The first-order valence-corrected chi connectivity index (χ1v) is 14.8. The average Bonchev–Trinajstić information content (AvgIpc) is 3.68. The number of benzene rings is 2. The fourth-order valence-corrected chi connectivity index (χ4v) is 5.75. The summed E-state index contributed by atoms with van der Waals surface area (Å²) in [5.74, 6) is -0.0465. The third-order valence-electron chi connectivity index (χ3n) is 8.02. The van der Waals surface area contributed by atoms with E-state index in [1.54, 1.807) is 36.1 Å². The number of nitrogens with two attached hydrogens (primary N) is 1. The molecule has 4 aromatic heterocycles. The third-order valence-corrected chi connectivity index (χ3v) is 8.02. The van der Waals surface area contributed by atoms with E-state index in [1.807, 2.05) is 59.4 Å². The number of aromatic nitrogens is 7. The number of para-hydroxylation sites is 1. The second-order valence-corrected chi connectivity index (χ2v) is 10.9. The molecule has 1 unspecified atom stereocenters. The summed E-state index contributed by atoms with van der Waals surface area (Å²) in [5.41, 5.74) is 9.04. The Morgan fingerprint density at radius 2 is 1.89 bits per heavy atom. The monoisotopic (exact) mass is 604 g/mol. The Morgan fingerprint density at radius 1 is 1.07 bits per heavy atom. The lowest BCUT2D eigenvalue weighted by molar-refractivity contribution is 0.0360. The normalized spacial score (nSPS) is 14.6. The molecule has 6 aromatic rings. The molecule has 13 heteroatoms. The molecule has 1 amide bonds. The van der Waals surface area contributed by atoms with Crippen molar-refractivity contribution in [1.82, 2.24) is 44.1 Å². The number of nitrogens with one attached hydrogen (secondary N) is 1. The molecule has 1 aliphatic heterocycles. The maximum absolute atomic E-state index is 14.5. The molecule has 1 atom stereocenters. The smallest absolute Gasteiger partial charge is 0.266 e. The third kappa shape index (κ3) is 5.43. The van der Waals surface area contributed by atoms with Crippen LogP contribution in [0.25, 0.3) is 33.4 Å². The van der Waals surface area contributed by atoms with Crippen molar-refractivity contribution < 1.29 is 9.53 Å². The van der Waals surface area contributed by atoms with Crippen LogP contribution < -0.4 is 16.6 Å². The maximum atomic E-state index is 14.5. The largest absolute Gasteiger partial charge is 0.381 e. The van der Waals surface area contributed by atoms with Crippen molar-refractivity contribution in [3.8, 4) is 16.8 Å². The van der Waals surface area contributed by atoms with Crippen molar-refractivity contribution in [1.29, 1.82) is 0 Å². The zero-order valence-corrected chi connectivity index (χ0v) is 24.7. The van der Waals surface area contributed by atoms with Gasteiger partial charge in [0.25, 0.3) is 11.5 Å². The molecule has 1 fully saturated rings. The maximum Gasteiger partial charge on any atom is 0.266 e. The minimum Gasteiger partial charge on any atom is -0.381 e. The summed E-state index contributed by atoms with van der Waals surface area (Å²) in [6.07, 6.45) is 6.99. The highest BCUT2D eigenvalue weighted by Gasteiger charge is 2.25. The predicted molar refractivity (Wildman–Crippen MR) is 169 cm³/mol. The molecular formula is C32H32N10O3. The second kappa shape index (κ2) is 11.9. The molecule has 3 N–H and O–H groups in total. The summed E-state index contributed by atoms with van der Waals surface area (Å²) < 4.78 is 10.4. The van der Waals surface area contributed by atoms with Crippen molar-refractivity contribution in [3.63, 3.8) is 0 Å². The number of carbonyl (C=O) groups excluding carboxylic acids is 1. The lowest BCUT2D eigenvalue weighted by atomic mass is 10.0. The van der Waals surface area contributed by atoms with Gasteiger partial charge in [-0.2, -0.15) is 5.10 Å². The van der Waals surface area contributed by atoms with Gasteiger partial charge in [-0.1, -0.05) is 30.3 Å². The lowest BCUT2D eigenvalue weighted by Gasteiger charge is -2.26. The Balaban J connectivity index is 1.27. The number of nitrogen functional groups attached to an aromatic ring is 1. The van der Waals surface area contributed by atoms with Gasteiger partial charge in [0.05, 0.1) is 48.6 Å². The SMILES string of the molecule is CC(NC(=O)c1c(N)nn2cccnc12)c1nc2cccc(-c3cnn(CCN4CCOCC4)c3)c2c(=O)n1-c1ccccc1. The number of hydrogen-bond donors (Lipinski definition) is 2. The van der Waals surface area contributed by atoms with Crippen LogP contribution in [-0.2, 0) is 11.3 Å². The van der Waals surface area contributed by atoms with Gasteiger partial charge in [-0.05, 0) is 36.8 Å². The highest BCUT2D eigenvalue weighted by atomic mass is 16.5. The lowest BCUT2D eigenvalue weighted by Crippen LogP contribution is -2.38. The molecule has 45 heavy (non-hydrogen) atoms. The van der Waals surface area contributed by atoms with E-state index in [1.165, 1.54) is 4.52 Å². The summed E-state index contributed by atoms with van der Waals surface area (Å²) >= 11 is 0. The van der Waals surface area contributed by atoms with Gasteiger partial charge in [0, 0.05) is 43.8 Å². The number of ether oxygens (including phenoxy) is 1. The molecule has 1 saturated heterocycles. The van der Waals surface area contributed by atoms with Gasteiger partial charge in [0.1, 0.15) is 11.4 Å². The second-order valence-electron chi connectivity index (χ2n) is 10.9. The Hall–Kier alpha value is -5.40. The number of rotatable bonds is 8. The molecular weight excluding hydrogens is 572 g/mol. The van der Waals surface area contributed by atoms with Crippen molar-refractivity contribution >= 4 is 28.3 Å². The molecule has 0 spiro atoms. The molecule has 5 heterocycles. The van der Waals surface area contributed by atoms with Crippen LogP contribution >= 0.6 is 0 Å². The van der Waals surface area contributed by atoms with Gasteiger partial charge in [-0.25, -0.2) is 14.5 Å². The van der Waals surface area contributed by atoms with Crippen LogP contribution in [-0.4, -0.2) is 77.6 Å². The quantitative estimate of drug-likeness (QED) is 0.267. The summed E-state index contributed by atoms with van der Waals surface area (Å²) in [4.78, 5) is 39.5. The number of amides is 1. The van der Waals surface area contributed by atoms with E-state index in [0.717, 1.165) is 50.5 Å². The first kappa shape index (κ1) is 28.4. The van der Waals surface area contributed by atoms with Gasteiger partial charge in [-0.15, -0.1) is 5.10 Å². The number of fused-ring (bicyclic) bond motifs is 2. The van der Waals surface area contributed by atoms with Crippen molar-refractivity contribution in [3.05, 3.63) is 101 Å². The molecule has 13 nitrogen and oxygen atoms in total. The summed E-state index contributed by atoms with van der Waals surface area (Å²) in [7, 11) is 0. The van der Waals surface area contributed by atoms with Crippen LogP contribution in [0.3, 0.4) is 0 Å². The van der Waals surface area contributed by atoms with E-state index in [4.69, 9.17) is 15.5 Å². The van der Waals surface area contributed by atoms with Crippen LogP contribution in [0.15, 0.2) is 84.2 Å². The molecule has 0 bridgehead atoms. The van der Waals surface area contributed by atoms with E-state index in [2.05, 4.69) is 25.4 Å². The Bertz CT molecular complexity index is 2060. The summed E-state index contributed by atoms with van der Waals surface area (Å²) in [6.45, 7) is 6.69. The summed E-state index contributed by atoms with van der Waals surface area (Å²) in [6, 6.07) is 15.9. The molecule has 0 saturated carbocycles. The number of hydrogen-bond acceptors (Lipinski definition) is 9. The van der Waals surface area contributed by atoms with E-state index in [9.17, 15) is 9.59 Å². The number of nitrogens with zero attached hydrogens (tertiary/aromatic N) is 8. The minimum absolute atomic E-state index is 0.0560. The topological polar surface area (TPSA) is 150 Å². The minimum atomic E-state index is -0.681.